The minimum Gasteiger partial charge on any atom is -0.357 e. The topological polar surface area (TPSA) is 85.5 Å². The van der Waals surface area contributed by atoms with Crippen LogP contribution in [0.2, 0.25) is 0 Å². The van der Waals surface area contributed by atoms with Gasteiger partial charge < -0.3 is 15.2 Å². The molecule has 3 heterocycles. The molecule has 8 heteroatoms. The van der Waals surface area contributed by atoms with Crippen LogP contribution >= 0.6 is 15.9 Å². The summed E-state index contributed by atoms with van der Waals surface area (Å²) in [5.74, 6) is -0.169. The van der Waals surface area contributed by atoms with Gasteiger partial charge in [-0.05, 0) is 34.8 Å². The number of carbonyl (C=O) groups excluding carboxylic acids is 3. The third kappa shape index (κ3) is 3.12. The normalized spacial score (nSPS) is 20.7. The van der Waals surface area contributed by atoms with Crippen molar-refractivity contribution in [1.29, 1.82) is 0 Å². The number of hydrogen-bond donors (Lipinski definition) is 2. The third-order valence-electron chi connectivity index (χ3n) is 6.81. The first-order chi connectivity index (χ1) is 14.5. The van der Waals surface area contributed by atoms with E-state index >= 15 is 0 Å². The quantitative estimate of drug-likeness (QED) is 0.670. The van der Waals surface area contributed by atoms with Gasteiger partial charge in [0.05, 0.1) is 5.52 Å². The lowest BCUT2D eigenvalue weighted by molar-refractivity contribution is -0.134. The molecule has 30 heavy (non-hydrogen) atoms. The molecule has 2 aromatic rings. The highest BCUT2D eigenvalue weighted by atomic mass is 79.9. The number of amides is 4. The lowest BCUT2D eigenvalue weighted by atomic mass is 9.82. The molecule has 1 saturated heterocycles. The van der Waals surface area contributed by atoms with Gasteiger partial charge in [0.25, 0.3) is 5.91 Å². The second-order valence-electron chi connectivity index (χ2n) is 8.59. The minimum atomic E-state index is -0.726. The number of rotatable bonds is 3. The van der Waals surface area contributed by atoms with Crippen LogP contribution in [0.25, 0.3) is 10.9 Å². The van der Waals surface area contributed by atoms with E-state index in [-0.39, 0.29) is 30.8 Å². The van der Waals surface area contributed by atoms with E-state index in [0.29, 0.717) is 25.9 Å². The SMILES string of the molecule is O=C(CCN1C(=O)NC2(CCCCC2)C1=O)N1CCc2[nH]c3c(Br)cccc3c2C1. The van der Waals surface area contributed by atoms with Crippen molar-refractivity contribution in [3.8, 4) is 0 Å². The third-order valence-corrected chi connectivity index (χ3v) is 7.48. The number of benzene rings is 1. The van der Waals surface area contributed by atoms with Gasteiger partial charge in [-0.15, -0.1) is 0 Å². The fourth-order valence-corrected chi connectivity index (χ4v) is 5.62. The summed E-state index contributed by atoms with van der Waals surface area (Å²) >= 11 is 3.58. The number of imide groups is 1. The molecule has 0 radical (unpaired) electrons. The number of fused-ring (bicyclic) bond motifs is 3. The molecule has 1 spiro atoms. The summed E-state index contributed by atoms with van der Waals surface area (Å²) < 4.78 is 1.02. The number of halogens is 1. The first-order valence-electron chi connectivity index (χ1n) is 10.7. The molecule has 4 amide bonds. The molecule has 158 valence electrons. The summed E-state index contributed by atoms with van der Waals surface area (Å²) in [6.45, 7) is 1.34. The van der Waals surface area contributed by atoms with Gasteiger partial charge in [-0.3, -0.25) is 14.5 Å². The summed E-state index contributed by atoms with van der Waals surface area (Å²) in [5, 5.41) is 4.04. The van der Waals surface area contributed by atoms with E-state index in [2.05, 4.69) is 32.3 Å². The fraction of sp³-hybridized carbons (Fsp3) is 0.500. The van der Waals surface area contributed by atoms with Gasteiger partial charge in [0.2, 0.25) is 5.91 Å². The Balaban J connectivity index is 1.26. The van der Waals surface area contributed by atoms with Crippen molar-refractivity contribution in [3.63, 3.8) is 0 Å². The first kappa shape index (κ1) is 19.6. The maximum atomic E-state index is 12.9. The zero-order valence-electron chi connectivity index (χ0n) is 16.8. The lowest BCUT2D eigenvalue weighted by Crippen LogP contribution is -2.48. The van der Waals surface area contributed by atoms with Gasteiger partial charge in [-0.25, -0.2) is 4.79 Å². The van der Waals surface area contributed by atoms with E-state index in [1.54, 1.807) is 0 Å². The number of urea groups is 1. The Morgan fingerprint density at radius 2 is 1.97 bits per heavy atom. The number of H-pyrrole nitrogens is 1. The van der Waals surface area contributed by atoms with Crippen LogP contribution in [0.15, 0.2) is 22.7 Å². The molecule has 1 saturated carbocycles. The summed E-state index contributed by atoms with van der Waals surface area (Å²) in [7, 11) is 0. The highest BCUT2D eigenvalue weighted by molar-refractivity contribution is 9.10. The van der Waals surface area contributed by atoms with Crippen LogP contribution in [0, 0.1) is 0 Å². The molecule has 0 bridgehead atoms. The number of para-hydroxylation sites is 1. The predicted molar refractivity (Wildman–Crippen MR) is 116 cm³/mol. The molecular formula is C22H25BrN4O3. The van der Waals surface area contributed by atoms with Crippen LogP contribution < -0.4 is 5.32 Å². The zero-order chi connectivity index (χ0) is 20.9. The van der Waals surface area contributed by atoms with Crippen LogP contribution in [-0.4, -0.2) is 51.3 Å². The second-order valence-corrected chi connectivity index (χ2v) is 9.44. The van der Waals surface area contributed by atoms with Crippen molar-refractivity contribution in [3.05, 3.63) is 33.9 Å². The van der Waals surface area contributed by atoms with E-state index in [1.165, 1.54) is 10.6 Å². The van der Waals surface area contributed by atoms with Crippen molar-refractivity contribution >= 4 is 44.7 Å². The van der Waals surface area contributed by atoms with Gasteiger partial charge in [-0.2, -0.15) is 0 Å². The fourth-order valence-electron chi connectivity index (χ4n) is 5.15. The van der Waals surface area contributed by atoms with Crippen molar-refractivity contribution in [2.24, 2.45) is 0 Å². The van der Waals surface area contributed by atoms with Crippen LogP contribution in [-0.2, 0) is 22.6 Å². The molecule has 1 aromatic heterocycles. The number of aromatic amines is 1. The van der Waals surface area contributed by atoms with Crippen LogP contribution in [0.3, 0.4) is 0 Å². The van der Waals surface area contributed by atoms with Crippen molar-refractivity contribution in [2.45, 2.75) is 57.0 Å². The Morgan fingerprint density at radius 1 is 1.17 bits per heavy atom. The number of aromatic nitrogens is 1. The summed E-state index contributed by atoms with van der Waals surface area (Å²) in [6, 6.07) is 5.72. The maximum absolute atomic E-state index is 12.9. The van der Waals surface area contributed by atoms with Gasteiger partial charge in [-0.1, -0.05) is 31.4 Å². The number of carbonyl (C=O) groups is 3. The van der Waals surface area contributed by atoms with E-state index in [9.17, 15) is 14.4 Å². The van der Waals surface area contributed by atoms with E-state index in [4.69, 9.17) is 0 Å². The molecular weight excluding hydrogens is 448 g/mol. The molecule has 1 aromatic carbocycles. The smallest absolute Gasteiger partial charge is 0.325 e. The summed E-state index contributed by atoms with van der Waals surface area (Å²) in [4.78, 5) is 44.8. The molecule has 5 rings (SSSR count). The average Bonchev–Trinajstić information content (AvgIpc) is 3.23. The molecule has 2 N–H and O–H groups in total. The lowest BCUT2D eigenvalue weighted by Gasteiger charge is -2.30. The van der Waals surface area contributed by atoms with E-state index < -0.39 is 5.54 Å². The van der Waals surface area contributed by atoms with Crippen molar-refractivity contribution < 1.29 is 14.4 Å². The highest BCUT2D eigenvalue weighted by Gasteiger charge is 2.51. The second kappa shape index (κ2) is 7.41. The molecule has 0 atom stereocenters. The molecule has 7 nitrogen and oxygen atoms in total. The van der Waals surface area contributed by atoms with Gasteiger partial charge in [0.15, 0.2) is 0 Å². The summed E-state index contributed by atoms with van der Waals surface area (Å²) in [5.41, 5.74) is 2.67. The van der Waals surface area contributed by atoms with Crippen molar-refractivity contribution in [1.82, 2.24) is 20.1 Å². The monoisotopic (exact) mass is 472 g/mol. The van der Waals surface area contributed by atoms with Gasteiger partial charge in [0, 0.05) is 53.6 Å². The van der Waals surface area contributed by atoms with Gasteiger partial charge >= 0.3 is 6.03 Å². The minimum absolute atomic E-state index is 0.0183. The molecule has 1 aliphatic carbocycles. The van der Waals surface area contributed by atoms with Crippen molar-refractivity contribution in [2.75, 3.05) is 13.1 Å². The van der Waals surface area contributed by atoms with Crippen LogP contribution in [0.5, 0.6) is 0 Å². The van der Waals surface area contributed by atoms with Crippen LogP contribution in [0.4, 0.5) is 4.79 Å². The number of nitrogens with one attached hydrogen (secondary N) is 2. The summed E-state index contributed by atoms with van der Waals surface area (Å²) in [6.07, 6.45) is 5.35. The molecule has 2 fully saturated rings. The Kier molecular flexibility index (Phi) is 4.84. The first-order valence-corrected chi connectivity index (χ1v) is 11.5. The Bertz CT molecular complexity index is 1040. The molecule has 2 aliphatic heterocycles. The molecule has 0 unspecified atom stereocenters. The standard InChI is InChI=1S/C22H25BrN4O3/c23-16-6-4-5-14-15-13-26(11-7-17(15)24-19(14)16)18(28)8-12-27-20(29)22(25-21(27)30)9-2-1-3-10-22/h4-6,24H,1-3,7-13H2,(H,25,30). The van der Waals surface area contributed by atoms with E-state index in [1.807, 2.05) is 17.0 Å². The van der Waals surface area contributed by atoms with Crippen LogP contribution in [0.1, 0.15) is 49.8 Å². The molecule has 3 aliphatic rings. The number of nitrogens with zero attached hydrogens (tertiary/aromatic N) is 2. The van der Waals surface area contributed by atoms with E-state index in [0.717, 1.165) is 46.6 Å². The zero-order valence-corrected chi connectivity index (χ0v) is 18.4. The predicted octanol–water partition coefficient (Wildman–Crippen LogP) is 3.46. The Morgan fingerprint density at radius 3 is 2.77 bits per heavy atom. The number of hydrogen-bond acceptors (Lipinski definition) is 3. The largest absolute Gasteiger partial charge is 0.357 e. The maximum Gasteiger partial charge on any atom is 0.325 e. The highest BCUT2D eigenvalue weighted by Crippen LogP contribution is 2.34. The van der Waals surface area contributed by atoms with Gasteiger partial charge in [0.1, 0.15) is 5.54 Å². The Labute approximate surface area is 183 Å². The Hall–Kier alpha value is -2.35. The average molecular weight is 473 g/mol.